The molecule has 1 amide bonds. The molecule has 238 valence electrons. The summed E-state index contributed by atoms with van der Waals surface area (Å²) in [5.74, 6) is 0.833. The summed E-state index contributed by atoms with van der Waals surface area (Å²) in [6, 6.07) is 4.48. The quantitative estimate of drug-likeness (QED) is 0.149. The van der Waals surface area contributed by atoms with Crippen LogP contribution >= 0.6 is 11.6 Å². The van der Waals surface area contributed by atoms with E-state index in [4.69, 9.17) is 21.4 Å². The molecule has 1 aromatic heterocycles. The van der Waals surface area contributed by atoms with E-state index >= 15 is 0 Å². The molecule has 0 radical (unpaired) electrons. The maximum atomic E-state index is 14.7. The van der Waals surface area contributed by atoms with Gasteiger partial charge in [0.05, 0.1) is 56.2 Å². The Morgan fingerprint density at radius 1 is 1.16 bits per heavy atom. The standard InChI is InChI=1S/C29H41ClFN5O7/c30-21-12-33-28(34-13-21)35-7-5-19(6-8-35)2-1-9-43-22-4-3-20(23(31)11-22)10-26(40)36-17-29(42,18-36)16-32-14-24(38)27(41)25(39)15-37/h3-4,11-13,19,24-25,27,32,37-39,41-42H,1-2,5-10,14-18H2. The molecule has 14 heteroatoms. The van der Waals surface area contributed by atoms with Crippen molar-refractivity contribution in [3.05, 3.63) is 47.0 Å². The number of anilines is 1. The first-order chi connectivity index (χ1) is 20.6. The Balaban J connectivity index is 1.11. The number of nitrogens with one attached hydrogen (secondary N) is 1. The van der Waals surface area contributed by atoms with Crippen molar-refractivity contribution >= 4 is 23.5 Å². The number of hydrogen-bond donors (Lipinski definition) is 6. The molecular weight excluding hydrogens is 585 g/mol. The number of hydrogen-bond acceptors (Lipinski definition) is 11. The van der Waals surface area contributed by atoms with Crippen LogP contribution in [-0.2, 0) is 11.2 Å². The van der Waals surface area contributed by atoms with Crippen molar-refractivity contribution in [2.24, 2.45) is 5.92 Å². The van der Waals surface area contributed by atoms with E-state index in [0.29, 0.717) is 29.2 Å². The Bertz CT molecular complexity index is 1180. The molecular formula is C29H41ClFN5O7. The zero-order chi connectivity index (χ0) is 31.0. The van der Waals surface area contributed by atoms with E-state index in [9.17, 15) is 29.6 Å². The highest BCUT2D eigenvalue weighted by Gasteiger charge is 2.43. The number of halogens is 2. The van der Waals surface area contributed by atoms with Gasteiger partial charge in [0.25, 0.3) is 0 Å². The zero-order valence-electron chi connectivity index (χ0n) is 24.0. The SMILES string of the molecule is O=C(Cc1ccc(OCCCC2CCN(c3ncc(Cl)cn3)CC2)cc1F)N1CC(O)(CNCC(O)C(O)C(O)CO)C1. The second kappa shape index (κ2) is 15.4. The molecule has 2 aromatic rings. The number of aliphatic hydroxyl groups excluding tert-OH is 4. The van der Waals surface area contributed by atoms with Crippen LogP contribution in [0.1, 0.15) is 31.2 Å². The second-order valence-electron chi connectivity index (χ2n) is 11.5. The Labute approximate surface area is 255 Å². The predicted octanol–water partition coefficient (Wildman–Crippen LogP) is 0.125. The van der Waals surface area contributed by atoms with Gasteiger partial charge in [-0.2, -0.15) is 0 Å². The highest BCUT2D eigenvalue weighted by molar-refractivity contribution is 6.30. The first-order valence-corrected chi connectivity index (χ1v) is 14.9. The minimum absolute atomic E-state index is 0.0352. The molecule has 4 rings (SSSR count). The smallest absolute Gasteiger partial charge is 0.227 e. The second-order valence-corrected chi connectivity index (χ2v) is 11.9. The summed E-state index contributed by atoms with van der Waals surface area (Å²) < 4.78 is 20.5. The fourth-order valence-corrected chi connectivity index (χ4v) is 5.48. The lowest BCUT2D eigenvalue weighted by molar-refractivity contribution is -0.154. The first kappa shape index (κ1) is 33.2. The van der Waals surface area contributed by atoms with Gasteiger partial charge in [0.2, 0.25) is 11.9 Å². The molecule has 43 heavy (non-hydrogen) atoms. The molecule has 3 heterocycles. The average molecular weight is 626 g/mol. The minimum Gasteiger partial charge on any atom is -0.493 e. The van der Waals surface area contributed by atoms with Gasteiger partial charge >= 0.3 is 0 Å². The van der Waals surface area contributed by atoms with Gasteiger partial charge in [-0.25, -0.2) is 14.4 Å². The van der Waals surface area contributed by atoms with Gasteiger partial charge in [0.15, 0.2) is 0 Å². The van der Waals surface area contributed by atoms with E-state index in [0.717, 1.165) is 38.8 Å². The fourth-order valence-electron chi connectivity index (χ4n) is 5.38. The van der Waals surface area contributed by atoms with Crippen molar-refractivity contribution in [1.29, 1.82) is 0 Å². The number of rotatable bonds is 15. The lowest BCUT2D eigenvalue weighted by atomic mass is 9.92. The highest BCUT2D eigenvalue weighted by atomic mass is 35.5. The number of piperidine rings is 1. The molecule has 2 saturated heterocycles. The van der Waals surface area contributed by atoms with Crippen LogP contribution in [0.3, 0.4) is 0 Å². The van der Waals surface area contributed by atoms with Crippen LogP contribution in [0.5, 0.6) is 5.75 Å². The summed E-state index contributed by atoms with van der Waals surface area (Å²) in [5.41, 5.74) is -0.990. The molecule has 0 aliphatic carbocycles. The van der Waals surface area contributed by atoms with Gasteiger partial charge in [-0.15, -0.1) is 0 Å². The van der Waals surface area contributed by atoms with Crippen molar-refractivity contribution in [1.82, 2.24) is 20.2 Å². The normalized spacial score (nSPS) is 19.0. The summed E-state index contributed by atoms with van der Waals surface area (Å²) in [4.78, 5) is 24.8. The Hall–Kier alpha value is -2.65. The van der Waals surface area contributed by atoms with Gasteiger partial charge in [-0.05, 0) is 43.2 Å². The molecule has 0 saturated carbocycles. The van der Waals surface area contributed by atoms with Gasteiger partial charge in [-0.3, -0.25) is 4.79 Å². The number of aliphatic hydroxyl groups is 5. The summed E-state index contributed by atoms with van der Waals surface area (Å²) >= 11 is 5.87. The lowest BCUT2D eigenvalue weighted by Crippen LogP contribution is -2.67. The van der Waals surface area contributed by atoms with Crippen molar-refractivity contribution in [2.75, 3.05) is 57.4 Å². The number of aromatic nitrogens is 2. The van der Waals surface area contributed by atoms with Crippen molar-refractivity contribution in [3.63, 3.8) is 0 Å². The number of carbonyl (C=O) groups excluding carboxylic acids is 1. The van der Waals surface area contributed by atoms with Crippen LogP contribution in [0.2, 0.25) is 5.02 Å². The molecule has 1 aromatic carbocycles. The minimum atomic E-state index is -1.54. The first-order valence-electron chi connectivity index (χ1n) is 14.6. The summed E-state index contributed by atoms with van der Waals surface area (Å²) in [6.45, 7) is 1.53. The van der Waals surface area contributed by atoms with Crippen molar-refractivity contribution in [3.8, 4) is 5.75 Å². The maximum absolute atomic E-state index is 14.7. The number of nitrogens with zero attached hydrogens (tertiary/aromatic N) is 4. The summed E-state index contributed by atoms with van der Waals surface area (Å²) in [6.07, 6.45) is 2.63. The number of carbonyl (C=O) groups is 1. The topological polar surface area (TPSA) is 172 Å². The predicted molar refractivity (Wildman–Crippen MR) is 156 cm³/mol. The van der Waals surface area contributed by atoms with Crippen LogP contribution in [0.25, 0.3) is 0 Å². The van der Waals surface area contributed by atoms with Crippen LogP contribution < -0.4 is 15.0 Å². The summed E-state index contributed by atoms with van der Waals surface area (Å²) in [7, 11) is 0. The molecule has 3 unspecified atom stereocenters. The van der Waals surface area contributed by atoms with E-state index in [1.54, 1.807) is 18.5 Å². The third kappa shape index (κ3) is 9.42. The number of ether oxygens (including phenoxy) is 1. The number of amides is 1. The van der Waals surface area contributed by atoms with E-state index in [2.05, 4.69) is 20.2 Å². The molecule has 2 fully saturated rings. The van der Waals surface area contributed by atoms with E-state index in [1.165, 1.54) is 17.0 Å². The largest absolute Gasteiger partial charge is 0.493 e. The van der Waals surface area contributed by atoms with Crippen LogP contribution in [0.4, 0.5) is 10.3 Å². The monoisotopic (exact) mass is 625 g/mol. The van der Waals surface area contributed by atoms with E-state index in [1.807, 2.05) is 0 Å². The van der Waals surface area contributed by atoms with Crippen molar-refractivity contribution < 1.29 is 39.5 Å². The van der Waals surface area contributed by atoms with Crippen LogP contribution in [-0.4, -0.2) is 123 Å². The number of β-amino-alcohol motifs (C(OH)–C–C–N with tert-alkyl or cyclic N) is 1. The molecule has 0 bridgehead atoms. The fraction of sp³-hybridized carbons (Fsp3) is 0.621. The molecule has 6 N–H and O–H groups in total. The Morgan fingerprint density at radius 3 is 2.51 bits per heavy atom. The van der Waals surface area contributed by atoms with Crippen LogP contribution in [0.15, 0.2) is 30.6 Å². The molecule has 2 aliphatic heterocycles. The third-order valence-corrected chi connectivity index (χ3v) is 8.20. The zero-order valence-corrected chi connectivity index (χ0v) is 24.7. The van der Waals surface area contributed by atoms with Gasteiger partial charge in [0.1, 0.15) is 29.4 Å². The molecule has 2 aliphatic rings. The van der Waals surface area contributed by atoms with Gasteiger partial charge in [0, 0.05) is 32.2 Å². The Morgan fingerprint density at radius 2 is 1.86 bits per heavy atom. The maximum Gasteiger partial charge on any atom is 0.227 e. The third-order valence-electron chi connectivity index (χ3n) is 8.00. The highest BCUT2D eigenvalue weighted by Crippen LogP contribution is 2.26. The van der Waals surface area contributed by atoms with Gasteiger partial charge < -0.3 is 45.4 Å². The molecule has 0 spiro atoms. The van der Waals surface area contributed by atoms with E-state index < -0.39 is 36.3 Å². The number of benzene rings is 1. The van der Waals surface area contributed by atoms with E-state index in [-0.39, 0.29) is 44.1 Å². The average Bonchev–Trinajstić information content (AvgIpc) is 2.99. The molecule has 3 atom stereocenters. The number of likely N-dealkylation sites (tertiary alicyclic amines) is 1. The lowest BCUT2D eigenvalue weighted by Gasteiger charge is -2.46. The van der Waals surface area contributed by atoms with Crippen LogP contribution in [0, 0.1) is 11.7 Å². The summed E-state index contributed by atoms with van der Waals surface area (Å²) in [5, 5.41) is 51.6. The van der Waals surface area contributed by atoms with Gasteiger partial charge in [-0.1, -0.05) is 17.7 Å². The van der Waals surface area contributed by atoms with Crippen molar-refractivity contribution in [2.45, 2.75) is 56.0 Å². The Kier molecular flexibility index (Phi) is 11.9. The molecule has 12 nitrogen and oxygen atoms in total.